The first-order chi connectivity index (χ1) is 10.1. The Morgan fingerprint density at radius 1 is 1.43 bits per heavy atom. The van der Waals surface area contributed by atoms with Gasteiger partial charge in [0.25, 0.3) is 0 Å². The van der Waals surface area contributed by atoms with E-state index in [2.05, 4.69) is 23.2 Å². The van der Waals surface area contributed by atoms with Gasteiger partial charge in [0, 0.05) is 43.4 Å². The fourth-order valence-corrected chi connectivity index (χ4v) is 3.66. The molecule has 0 aromatic carbocycles. The molecule has 5 nitrogen and oxygen atoms in total. The number of carbonyl (C=O) groups excluding carboxylic acids is 1. The molecule has 0 bridgehead atoms. The third-order valence-electron chi connectivity index (χ3n) is 4.78. The SMILES string of the molecule is Cc1cc(C)c(CN)c(N2CCC3NC(=O)CCC3C2)n1. The third kappa shape index (κ3) is 2.75. The van der Waals surface area contributed by atoms with E-state index in [1.54, 1.807) is 0 Å². The zero-order chi connectivity index (χ0) is 15.0. The van der Waals surface area contributed by atoms with Gasteiger partial charge in [-0.25, -0.2) is 4.98 Å². The Bertz CT molecular complexity index is 557. The number of aryl methyl sites for hydroxylation is 2. The molecule has 0 aliphatic carbocycles. The van der Waals surface area contributed by atoms with Gasteiger partial charge in [0.15, 0.2) is 0 Å². The first-order valence-corrected chi connectivity index (χ1v) is 7.80. The molecule has 2 atom stereocenters. The summed E-state index contributed by atoms with van der Waals surface area (Å²) in [6.45, 7) is 6.56. The molecule has 2 aliphatic rings. The van der Waals surface area contributed by atoms with Gasteiger partial charge < -0.3 is 16.0 Å². The average molecular weight is 288 g/mol. The van der Waals surface area contributed by atoms with Gasteiger partial charge in [0.2, 0.25) is 5.91 Å². The molecule has 1 aromatic heterocycles. The molecule has 1 amide bonds. The van der Waals surface area contributed by atoms with Gasteiger partial charge in [-0.2, -0.15) is 0 Å². The van der Waals surface area contributed by atoms with Crippen molar-refractivity contribution in [1.82, 2.24) is 10.3 Å². The van der Waals surface area contributed by atoms with Crippen LogP contribution in [-0.4, -0.2) is 30.0 Å². The molecular formula is C16H24N4O. The lowest BCUT2D eigenvalue weighted by Crippen LogP contribution is -2.54. The van der Waals surface area contributed by atoms with Crippen molar-refractivity contribution in [2.45, 2.75) is 45.7 Å². The fraction of sp³-hybridized carbons (Fsp3) is 0.625. The summed E-state index contributed by atoms with van der Waals surface area (Å²) in [7, 11) is 0. The second-order valence-electron chi connectivity index (χ2n) is 6.29. The smallest absolute Gasteiger partial charge is 0.220 e. The Kier molecular flexibility index (Phi) is 3.85. The van der Waals surface area contributed by atoms with Crippen LogP contribution in [0.4, 0.5) is 5.82 Å². The topological polar surface area (TPSA) is 71.2 Å². The van der Waals surface area contributed by atoms with Crippen molar-refractivity contribution in [2.75, 3.05) is 18.0 Å². The first-order valence-electron chi connectivity index (χ1n) is 7.80. The van der Waals surface area contributed by atoms with Crippen molar-refractivity contribution in [1.29, 1.82) is 0 Å². The minimum absolute atomic E-state index is 0.205. The van der Waals surface area contributed by atoms with E-state index in [1.807, 2.05) is 6.92 Å². The van der Waals surface area contributed by atoms with E-state index in [4.69, 9.17) is 10.7 Å². The van der Waals surface area contributed by atoms with Crippen molar-refractivity contribution in [3.05, 3.63) is 22.9 Å². The number of nitrogens with zero attached hydrogens (tertiary/aromatic N) is 2. The number of piperidine rings is 2. The van der Waals surface area contributed by atoms with Crippen LogP contribution in [0.2, 0.25) is 0 Å². The monoisotopic (exact) mass is 288 g/mol. The Morgan fingerprint density at radius 2 is 2.24 bits per heavy atom. The summed E-state index contributed by atoms with van der Waals surface area (Å²) in [5.74, 6) is 1.78. The predicted octanol–water partition coefficient (Wildman–Crippen LogP) is 1.26. The van der Waals surface area contributed by atoms with Crippen LogP contribution in [0.1, 0.15) is 36.1 Å². The maximum Gasteiger partial charge on any atom is 0.220 e. The number of amides is 1. The lowest BCUT2D eigenvalue weighted by Gasteiger charge is -2.42. The van der Waals surface area contributed by atoms with Gasteiger partial charge in [-0.05, 0) is 44.2 Å². The average Bonchev–Trinajstić information content (AvgIpc) is 2.46. The summed E-state index contributed by atoms with van der Waals surface area (Å²) in [5, 5.41) is 3.13. The molecule has 3 heterocycles. The number of hydrogen-bond acceptors (Lipinski definition) is 4. The number of anilines is 1. The normalized spacial score (nSPS) is 25.5. The summed E-state index contributed by atoms with van der Waals surface area (Å²) >= 11 is 0. The van der Waals surface area contributed by atoms with E-state index in [0.717, 1.165) is 43.0 Å². The third-order valence-corrected chi connectivity index (χ3v) is 4.78. The van der Waals surface area contributed by atoms with Crippen molar-refractivity contribution in [3.63, 3.8) is 0 Å². The Balaban J connectivity index is 1.84. The Morgan fingerprint density at radius 3 is 3.00 bits per heavy atom. The number of aromatic nitrogens is 1. The molecule has 0 saturated carbocycles. The maximum atomic E-state index is 11.5. The quantitative estimate of drug-likeness (QED) is 0.859. The van der Waals surface area contributed by atoms with Crippen molar-refractivity contribution < 1.29 is 4.79 Å². The van der Waals surface area contributed by atoms with Gasteiger partial charge in [-0.15, -0.1) is 0 Å². The predicted molar refractivity (Wildman–Crippen MR) is 83.1 cm³/mol. The van der Waals surface area contributed by atoms with Gasteiger partial charge in [0.1, 0.15) is 5.82 Å². The van der Waals surface area contributed by atoms with Crippen LogP contribution in [0, 0.1) is 19.8 Å². The van der Waals surface area contributed by atoms with Gasteiger partial charge in [-0.1, -0.05) is 0 Å². The minimum atomic E-state index is 0.205. The molecule has 2 saturated heterocycles. The summed E-state index contributed by atoms with van der Waals surface area (Å²) in [5.41, 5.74) is 9.35. The van der Waals surface area contributed by atoms with Gasteiger partial charge >= 0.3 is 0 Å². The highest BCUT2D eigenvalue weighted by molar-refractivity contribution is 5.77. The molecular weight excluding hydrogens is 264 g/mol. The molecule has 2 aliphatic heterocycles. The van der Waals surface area contributed by atoms with Crippen LogP contribution in [0.5, 0.6) is 0 Å². The van der Waals surface area contributed by atoms with E-state index in [1.165, 1.54) is 5.56 Å². The summed E-state index contributed by atoms with van der Waals surface area (Å²) in [4.78, 5) is 18.6. The molecule has 2 fully saturated rings. The number of carbonyl (C=O) groups is 1. The molecule has 0 radical (unpaired) electrons. The molecule has 3 rings (SSSR count). The number of rotatable bonds is 2. The van der Waals surface area contributed by atoms with Crippen LogP contribution in [0.25, 0.3) is 0 Å². The van der Waals surface area contributed by atoms with Crippen LogP contribution < -0.4 is 16.0 Å². The second kappa shape index (κ2) is 5.64. The summed E-state index contributed by atoms with van der Waals surface area (Å²) < 4.78 is 0. The van der Waals surface area contributed by atoms with E-state index < -0.39 is 0 Å². The van der Waals surface area contributed by atoms with Crippen LogP contribution in [-0.2, 0) is 11.3 Å². The molecule has 114 valence electrons. The van der Waals surface area contributed by atoms with E-state index in [0.29, 0.717) is 24.9 Å². The number of nitrogens with two attached hydrogens (primary N) is 1. The molecule has 0 spiro atoms. The van der Waals surface area contributed by atoms with E-state index >= 15 is 0 Å². The van der Waals surface area contributed by atoms with Crippen LogP contribution >= 0.6 is 0 Å². The summed E-state index contributed by atoms with van der Waals surface area (Å²) in [6.07, 6.45) is 2.63. The van der Waals surface area contributed by atoms with Crippen molar-refractivity contribution >= 4 is 11.7 Å². The van der Waals surface area contributed by atoms with Crippen LogP contribution in [0.3, 0.4) is 0 Å². The number of hydrogen-bond donors (Lipinski definition) is 2. The Hall–Kier alpha value is -1.62. The zero-order valence-electron chi connectivity index (χ0n) is 12.9. The lowest BCUT2D eigenvalue weighted by atomic mass is 9.85. The fourth-order valence-electron chi connectivity index (χ4n) is 3.66. The first kappa shape index (κ1) is 14.3. The van der Waals surface area contributed by atoms with E-state index in [9.17, 15) is 4.79 Å². The molecule has 5 heteroatoms. The van der Waals surface area contributed by atoms with E-state index in [-0.39, 0.29) is 5.91 Å². The zero-order valence-corrected chi connectivity index (χ0v) is 12.9. The van der Waals surface area contributed by atoms with Gasteiger partial charge in [-0.3, -0.25) is 4.79 Å². The number of pyridine rings is 1. The summed E-state index contributed by atoms with van der Waals surface area (Å²) in [6, 6.07) is 2.44. The molecule has 3 N–H and O–H groups in total. The molecule has 1 aromatic rings. The maximum absolute atomic E-state index is 11.5. The highest BCUT2D eigenvalue weighted by Crippen LogP contribution is 2.30. The standard InChI is InChI=1S/C16H24N4O/c1-10-7-11(2)18-16(13(10)8-17)20-6-5-14-12(9-20)3-4-15(21)19-14/h7,12,14H,3-6,8-9,17H2,1-2H3,(H,19,21). The van der Waals surface area contributed by atoms with Crippen LogP contribution in [0.15, 0.2) is 6.07 Å². The van der Waals surface area contributed by atoms with Gasteiger partial charge in [0.05, 0.1) is 0 Å². The van der Waals surface area contributed by atoms with Crippen molar-refractivity contribution in [2.24, 2.45) is 11.7 Å². The largest absolute Gasteiger partial charge is 0.356 e. The molecule has 2 unspecified atom stereocenters. The highest BCUT2D eigenvalue weighted by Gasteiger charge is 2.34. The van der Waals surface area contributed by atoms with Crippen molar-refractivity contribution in [3.8, 4) is 0 Å². The minimum Gasteiger partial charge on any atom is -0.356 e. The lowest BCUT2D eigenvalue weighted by molar-refractivity contribution is -0.124. The molecule has 21 heavy (non-hydrogen) atoms. The second-order valence-corrected chi connectivity index (χ2v) is 6.29. The highest BCUT2D eigenvalue weighted by atomic mass is 16.1. The Labute approximate surface area is 125 Å². The number of fused-ring (bicyclic) bond motifs is 1. The number of nitrogens with one attached hydrogen (secondary N) is 1.